The van der Waals surface area contributed by atoms with Gasteiger partial charge in [-0.1, -0.05) is 13.8 Å². The first kappa shape index (κ1) is 17.5. The van der Waals surface area contributed by atoms with Gasteiger partial charge in [-0.2, -0.15) is 13.2 Å². The van der Waals surface area contributed by atoms with Gasteiger partial charge < -0.3 is 10.4 Å². The van der Waals surface area contributed by atoms with Crippen molar-refractivity contribution in [3.63, 3.8) is 0 Å². The lowest BCUT2D eigenvalue weighted by Gasteiger charge is -2.29. The summed E-state index contributed by atoms with van der Waals surface area (Å²) in [6.07, 6.45) is -3.01. The maximum Gasteiger partial charge on any atom is 0.416 e. The minimum absolute atomic E-state index is 0.0483. The molecular weight excluding hydrogens is 283 g/mol. The van der Waals surface area contributed by atoms with Gasteiger partial charge in [0.1, 0.15) is 0 Å². The van der Waals surface area contributed by atoms with Crippen LogP contribution in [0.3, 0.4) is 0 Å². The molecule has 3 nitrogen and oxygen atoms in total. The highest BCUT2D eigenvalue weighted by molar-refractivity contribution is 5.94. The molecule has 0 saturated carbocycles. The van der Waals surface area contributed by atoms with Crippen LogP contribution in [0.15, 0.2) is 24.3 Å². The minimum atomic E-state index is -4.41. The molecule has 1 amide bonds. The molecule has 6 heteroatoms. The van der Waals surface area contributed by atoms with Gasteiger partial charge in [0, 0.05) is 17.5 Å². The topological polar surface area (TPSA) is 49.3 Å². The standard InChI is InChI=1S/C15H20F3NO2/c1-3-14(4-2,10-20)9-19-13(21)11-5-7-12(8-6-11)15(16,17)18/h5-8,20H,3-4,9-10H2,1-2H3,(H,19,21). The fourth-order valence-corrected chi connectivity index (χ4v) is 1.96. The van der Waals surface area contributed by atoms with Gasteiger partial charge in [-0.25, -0.2) is 0 Å². The molecule has 0 atom stereocenters. The second kappa shape index (κ2) is 6.93. The highest BCUT2D eigenvalue weighted by Gasteiger charge is 2.30. The van der Waals surface area contributed by atoms with Crippen LogP contribution in [0.2, 0.25) is 0 Å². The Kier molecular flexibility index (Phi) is 5.78. The summed E-state index contributed by atoms with van der Waals surface area (Å²) in [4.78, 5) is 11.9. The number of carbonyl (C=O) groups excluding carboxylic acids is 1. The molecule has 2 N–H and O–H groups in total. The Morgan fingerprint density at radius 3 is 2.05 bits per heavy atom. The molecule has 0 aromatic heterocycles. The van der Waals surface area contributed by atoms with E-state index >= 15 is 0 Å². The third kappa shape index (κ3) is 4.46. The van der Waals surface area contributed by atoms with Gasteiger partial charge in [0.05, 0.1) is 12.2 Å². The van der Waals surface area contributed by atoms with Crippen LogP contribution < -0.4 is 5.32 Å². The lowest BCUT2D eigenvalue weighted by atomic mass is 9.83. The first-order valence-corrected chi connectivity index (χ1v) is 6.84. The maximum atomic E-state index is 12.4. The Bertz CT molecular complexity index is 457. The first-order chi connectivity index (χ1) is 9.78. The molecule has 0 aliphatic heterocycles. The van der Waals surface area contributed by atoms with E-state index in [1.54, 1.807) is 0 Å². The van der Waals surface area contributed by atoms with E-state index in [0.29, 0.717) is 12.8 Å². The molecule has 118 valence electrons. The number of nitrogens with one attached hydrogen (secondary N) is 1. The van der Waals surface area contributed by atoms with E-state index in [-0.39, 0.29) is 24.1 Å². The van der Waals surface area contributed by atoms with Crippen molar-refractivity contribution in [3.8, 4) is 0 Å². The van der Waals surface area contributed by atoms with Crippen molar-refractivity contribution in [2.45, 2.75) is 32.9 Å². The Labute approximate surface area is 122 Å². The average molecular weight is 303 g/mol. The highest BCUT2D eigenvalue weighted by atomic mass is 19.4. The molecule has 0 bridgehead atoms. The Morgan fingerprint density at radius 2 is 1.67 bits per heavy atom. The summed E-state index contributed by atoms with van der Waals surface area (Å²) in [7, 11) is 0. The molecule has 1 aromatic carbocycles. The van der Waals surface area contributed by atoms with Crippen LogP contribution in [-0.2, 0) is 6.18 Å². The zero-order valence-corrected chi connectivity index (χ0v) is 12.1. The number of hydrogen-bond acceptors (Lipinski definition) is 2. The van der Waals surface area contributed by atoms with Crippen LogP contribution in [0.1, 0.15) is 42.6 Å². The fourth-order valence-electron chi connectivity index (χ4n) is 1.96. The quantitative estimate of drug-likeness (QED) is 0.847. The Balaban J connectivity index is 2.72. The Morgan fingerprint density at radius 1 is 1.14 bits per heavy atom. The monoisotopic (exact) mass is 303 g/mol. The number of aliphatic hydroxyl groups excluding tert-OH is 1. The van der Waals surface area contributed by atoms with Crippen molar-refractivity contribution in [3.05, 3.63) is 35.4 Å². The predicted molar refractivity (Wildman–Crippen MR) is 73.9 cm³/mol. The van der Waals surface area contributed by atoms with Crippen molar-refractivity contribution >= 4 is 5.91 Å². The Hall–Kier alpha value is -1.56. The number of hydrogen-bond donors (Lipinski definition) is 2. The first-order valence-electron chi connectivity index (χ1n) is 6.84. The molecular formula is C15H20F3NO2. The van der Waals surface area contributed by atoms with E-state index in [1.807, 2.05) is 13.8 Å². The molecule has 0 heterocycles. The van der Waals surface area contributed by atoms with E-state index < -0.39 is 17.6 Å². The molecule has 0 aliphatic carbocycles. The molecule has 0 radical (unpaired) electrons. The lowest BCUT2D eigenvalue weighted by Crippen LogP contribution is -2.39. The van der Waals surface area contributed by atoms with Crippen molar-refractivity contribution in [1.29, 1.82) is 0 Å². The molecule has 0 aliphatic rings. The summed E-state index contributed by atoms with van der Waals surface area (Å²) in [6, 6.07) is 4.06. The van der Waals surface area contributed by atoms with Gasteiger partial charge in [0.2, 0.25) is 0 Å². The lowest BCUT2D eigenvalue weighted by molar-refractivity contribution is -0.137. The summed E-state index contributed by atoms with van der Waals surface area (Å²) in [5.74, 6) is -0.441. The molecule has 0 saturated heterocycles. The summed E-state index contributed by atoms with van der Waals surface area (Å²) < 4.78 is 37.3. The number of rotatable bonds is 6. The number of carbonyl (C=O) groups is 1. The molecule has 1 rings (SSSR count). The zero-order chi connectivity index (χ0) is 16.1. The van der Waals surface area contributed by atoms with Crippen LogP contribution in [0.4, 0.5) is 13.2 Å². The second-order valence-electron chi connectivity index (χ2n) is 5.12. The highest BCUT2D eigenvalue weighted by Crippen LogP contribution is 2.29. The summed E-state index contributed by atoms with van der Waals surface area (Å²) in [5, 5.41) is 12.1. The second-order valence-corrected chi connectivity index (χ2v) is 5.12. The van der Waals surface area contributed by atoms with Crippen molar-refractivity contribution in [1.82, 2.24) is 5.32 Å². The minimum Gasteiger partial charge on any atom is -0.396 e. The SMILES string of the molecule is CCC(CC)(CO)CNC(=O)c1ccc(C(F)(F)F)cc1. The summed E-state index contributed by atoms with van der Waals surface area (Å²) >= 11 is 0. The predicted octanol–water partition coefficient (Wildman–Crippen LogP) is 3.23. The third-order valence-electron chi connectivity index (χ3n) is 3.93. The molecule has 1 aromatic rings. The van der Waals surface area contributed by atoms with Crippen molar-refractivity contribution in [2.24, 2.45) is 5.41 Å². The molecule has 0 unspecified atom stereocenters. The summed E-state index contributed by atoms with van der Waals surface area (Å²) in [6.45, 7) is 4.08. The normalized spacial score (nSPS) is 12.3. The largest absolute Gasteiger partial charge is 0.416 e. The van der Waals surface area contributed by atoms with Gasteiger partial charge in [0.25, 0.3) is 5.91 Å². The molecule has 21 heavy (non-hydrogen) atoms. The van der Waals surface area contributed by atoms with E-state index in [0.717, 1.165) is 24.3 Å². The summed E-state index contributed by atoms with van der Waals surface area (Å²) in [5.41, 5.74) is -1.01. The smallest absolute Gasteiger partial charge is 0.396 e. The average Bonchev–Trinajstić information content (AvgIpc) is 2.48. The van der Waals surface area contributed by atoms with Crippen LogP contribution in [-0.4, -0.2) is 24.2 Å². The van der Waals surface area contributed by atoms with Gasteiger partial charge in [-0.05, 0) is 37.1 Å². The van der Waals surface area contributed by atoms with Crippen molar-refractivity contribution in [2.75, 3.05) is 13.2 Å². The van der Waals surface area contributed by atoms with Crippen molar-refractivity contribution < 1.29 is 23.1 Å². The van der Waals surface area contributed by atoms with E-state index in [4.69, 9.17) is 0 Å². The van der Waals surface area contributed by atoms with Gasteiger partial charge in [-0.15, -0.1) is 0 Å². The maximum absolute atomic E-state index is 12.4. The number of halogens is 3. The molecule has 0 fully saturated rings. The zero-order valence-electron chi connectivity index (χ0n) is 12.1. The number of alkyl halides is 3. The van der Waals surface area contributed by atoms with E-state index in [9.17, 15) is 23.1 Å². The van der Waals surface area contributed by atoms with E-state index in [2.05, 4.69) is 5.32 Å². The van der Waals surface area contributed by atoms with Crippen LogP contribution in [0, 0.1) is 5.41 Å². The van der Waals surface area contributed by atoms with Gasteiger partial charge >= 0.3 is 6.18 Å². The van der Waals surface area contributed by atoms with Gasteiger partial charge in [0.15, 0.2) is 0 Å². The number of aliphatic hydroxyl groups is 1. The fraction of sp³-hybridized carbons (Fsp3) is 0.533. The molecule has 0 spiro atoms. The number of amides is 1. The number of benzene rings is 1. The van der Waals surface area contributed by atoms with Crippen LogP contribution in [0.5, 0.6) is 0 Å². The van der Waals surface area contributed by atoms with E-state index in [1.165, 1.54) is 0 Å². The third-order valence-corrected chi connectivity index (χ3v) is 3.93. The van der Waals surface area contributed by atoms with Gasteiger partial charge in [-0.3, -0.25) is 4.79 Å². The van der Waals surface area contributed by atoms with Crippen LogP contribution in [0.25, 0.3) is 0 Å². The van der Waals surface area contributed by atoms with Crippen LogP contribution >= 0.6 is 0 Å².